The molecule has 5 nitrogen and oxygen atoms in total. The first-order valence-electron chi connectivity index (χ1n) is 10.7. The number of unbranched alkanes of at least 4 members (excludes halogenated alkanes) is 4. The van der Waals surface area contributed by atoms with E-state index in [1.807, 2.05) is 25.1 Å². The molecule has 0 aromatic heterocycles. The predicted octanol–water partition coefficient (Wildman–Crippen LogP) is 4.87. The molecule has 6 heteroatoms. The molecule has 30 heavy (non-hydrogen) atoms. The Labute approximate surface area is 181 Å². The molecule has 0 aliphatic rings. The van der Waals surface area contributed by atoms with Gasteiger partial charge in [0.15, 0.2) is 0 Å². The van der Waals surface area contributed by atoms with Crippen LogP contribution in [0.4, 0.5) is 0 Å². The van der Waals surface area contributed by atoms with Gasteiger partial charge in [0, 0.05) is 19.1 Å². The van der Waals surface area contributed by atoms with Gasteiger partial charge in [-0.25, -0.2) is 0 Å². The first kappa shape index (κ1) is 24.5. The van der Waals surface area contributed by atoms with Gasteiger partial charge in [0.2, 0.25) is 0 Å². The van der Waals surface area contributed by atoms with Crippen molar-refractivity contribution in [2.24, 2.45) is 5.92 Å². The van der Waals surface area contributed by atoms with E-state index in [4.69, 9.17) is 8.92 Å². The SMILES string of the molecule is Cc1ccc(S(=O)(=O)OCC(CO)CCCCCCCOCc2ccccc2)cc1. The number of hydrogen-bond acceptors (Lipinski definition) is 5. The Kier molecular flexibility index (Phi) is 11.1. The molecule has 1 unspecified atom stereocenters. The minimum absolute atomic E-state index is 0.0139. The van der Waals surface area contributed by atoms with Gasteiger partial charge in [-0.05, 0) is 37.5 Å². The van der Waals surface area contributed by atoms with Crippen molar-refractivity contribution < 1.29 is 22.4 Å². The third kappa shape index (κ3) is 9.39. The van der Waals surface area contributed by atoms with Crippen molar-refractivity contribution in [1.29, 1.82) is 0 Å². The average molecular weight is 435 g/mol. The molecule has 166 valence electrons. The maximum Gasteiger partial charge on any atom is 0.296 e. The van der Waals surface area contributed by atoms with E-state index in [1.165, 1.54) is 5.56 Å². The van der Waals surface area contributed by atoms with Crippen LogP contribution in [-0.4, -0.2) is 33.3 Å². The number of rotatable bonds is 15. The largest absolute Gasteiger partial charge is 0.396 e. The quantitative estimate of drug-likeness (QED) is 0.320. The van der Waals surface area contributed by atoms with Gasteiger partial charge in [0.1, 0.15) is 0 Å². The second-order valence-electron chi connectivity index (χ2n) is 7.69. The Morgan fingerprint density at radius 3 is 2.27 bits per heavy atom. The smallest absolute Gasteiger partial charge is 0.296 e. The standard InChI is InChI=1S/C24H34O5S/c1-21-13-15-24(16-14-21)30(26,27)29-20-23(18-25)12-6-3-2-4-9-17-28-19-22-10-7-5-8-11-22/h5,7-8,10-11,13-16,23,25H,2-4,6,9,12,17-20H2,1H3. The summed E-state index contributed by atoms with van der Waals surface area (Å²) in [5.41, 5.74) is 2.18. The number of ether oxygens (including phenoxy) is 1. The lowest BCUT2D eigenvalue weighted by molar-refractivity contribution is 0.116. The highest BCUT2D eigenvalue weighted by Crippen LogP contribution is 2.17. The molecule has 0 aliphatic heterocycles. The van der Waals surface area contributed by atoms with Crippen LogP contribution in [0, 0.1) is 12.8 Å². The predicted molar refractivity (Wildman–Crippen MR) is 119 cm³/mol. The lowest BCUT2D eigenvalue weighted by atomic mass is 10.0. The van der Waals surface area contributed by atoms with Crippen molar-refractivity contribution in [3.05, 3.63) is 65.7 Å². The number of aliphatic hydroxyl groups is 1. The molecule has 0 radical (unpaired) electrons. The molecule has 0 aliphatic carbocycles. The molecular weight excluding hydrogens is 400 g/mol. The van der Waals surface area contributed by atoms with E-state index >= 15 is 0 Å². The van der Waals surface area contributed by atoms with Crippen LogP contribution in [0.2, 0.25) is 0 Å². The van der Waals surface area contributed by atoms with E-state index in [0.29, 0.717) is 6.61 Å². The number of benzene rings is 2. The first-order valence-corrected chi connectivity index (χ1v) is 12.1. The van der Waals surface area contributed by atoms with Crippen LogP contribution >= 0.6 is 0 Å². The number of hydrogen-bond donors (Lipinski definition) is 1. The number of aliphatic hydroxyl groups excluding tert-OH is 1. The fourth-order valence-electron chi connectivity index (χ4n) is 3.12. The summed E-state index contributed by atoms with van der Waals surface area (Å²) in [5.74, 6) is -0.167. The summed E-state index contributed by atoms with van der Waals surface area (Å²) in [6, 6.07) is 16.7. The molecule has 0 saturated heterocycles. The van der Waals surface area contributed by atoms with Crippen molar-refractivity contribution in [3.8, 4) is 0 Å². The molecule has 0 bridgehead atoms. The third-order valence-electron chi connectivity index (χ3n) is 5.04. The second kappa shape index (κ2) is 13.5. The van der Waals surface area contributed by atoms with Crippen molar-refractivity contribution in [2.75, 3.05) is 19.8 Å². The lowest BCUT2D eigenvalue weighted by Gasteiger charge is -2.14. The van der Waals surface area contributed by atoms with Crippen LogP contribution in [0.1, 0.15) is 49.7 Å². The molecule has 2 aromatic carbocycles. The molecule has 0 amide bonds. The first-order chi connectivity index (χ1) is 14.5. The lowest BCUT2D eigenvalue weighted by Crippen LogP contribution is -2.18. The average Bonchev–Trinajstić information content (AvgIpc) is 2.75. The van der Waals surface area contributed by atoms with Gasteiger partial charge in [0.25, 0.3) is 10.1 Å². The van der Waals surface area contributed by atoms with Gasteiger partial charge < -0.3 is 9.84 Å². The van der Waals surface area contributed by atoms with Crippen LogP contribution in [0.25, 0.3) is 0 Å². The minimum Gasteiger partial charge on any atom is -0.396 e. The fraction of sp³-hybridized carbons (Fsp3) is 0.500. The summed E-state index contributed by atoms with van der Waals surface area (Å²) >= 11 is 0. The Hall–Kier alpha value is -1.73. The maximum absolute atomic E-state index is 12.2. The zero-order valence-electron chi connectivity index (χ0n) is 17.8. The van der Waals surface area contributed by atoms with E-state index in [2.05, 4.69) is 12.1 Å². The van der Waals surface area contributed by atoms with E-state index in [1.54, 1.807) is 24.3 Å². The Balaban J connectivity index is 1.53. The zero-order chi connectivity index (χ0) is 21.7. The molecular formula is C24H34O5S. The highest BCUT2D eigenvalue weighted by Gasteiger charge is 2.18. The zero-order valence-corrected chi connectivity index (χ0v) is 18.6. The highest BCUT2D eigenvalue weighted by atomic mass is 32.2. The maximum atomic E-state index is 12.2. The Morgan fingerprint density at radius 1 is 0.900 bits per heavy atom. The van der Waals surface area contributed by atoms with Crippen molar-refractivity contribution in [2.45, 2.75) is 57.0 Å². The summed E-state index contributed by atoms with van der Waals surface area (Å²) in [7, 11) is -3.78. The minimum atomic E-state index is -3.78. The van der Waals surface area contributed by atoms with Crippen molar-refractivity contribution in [3.63, 3.8) is 0 Å². The van der Waals surface area contributed by atoms with Crippen LogP contribution in [0.5, 0.6) is 0 Å². The molecule has 2 aromatic rings. The summed E-state index contributed by atoms with van der Waals surface area (Å²) in [4.78, 5) is 0.152. The van der Waals surface area contributed by atoms with E-state index in [-0.39, 0.29) is 24.0 Å². The fourth-order valence-corrected chi connectivity index (χ4v) is 4.09. The summed E-state index contributed by atoms with van der Waals surface area (Å²) in [5, 5.41) is 9.53. The summed E-state index contributed by atoms with van der Waals surface area (Å²) < 4.78 is 35.3. The third-order valence-corrected chi connectivity index (χ3v) is 6.34. The monoisotopic (exact) mass is 434 g/mol. The topological polar surface area (TPSA) is 72.8 Å². The molecule has 0 fully saturated rings. The second-order valence-corrected chi connectivity index (χ2v) is 9.31. The van der Waals surface area contributed by atoms with Crippen LogP contribution in [0.15, 0.2) is 59.5 Å². The van der Waals surface area contributed by atoms with Gasteiger partial charge in [-0.2, -0.15) is 8.42 Å². The van der Waals surface area contributed by atoms with Crippen molar-refractivity contribution >= 4 is 10.1 Å². The van der Waals surface area contributed by atoms with E-state index in [9.17, 15) is 13.5 Å². The van der Waals surface area contributed by atoms with Gasteiger partial charge in [0.05, 0.1) is 18.1 Å². The van der Waals surface area contributed by atoms with Crippen LogP contribution in [-0.2, 0) is 25.6 Å². The van der Waals surface area contributed by atoms with Crippen molar-refractivity contribution in [1.82, 2.24) is 0 Å². The van der Waals surface area contributed by atoms with Crippen LogP contribution in [0.3, 0.4) is 0 Å². The van der Waals surface area contributed by atoms with E-state index in [0.717, 1.165) is 50.7 Å². The van der Waals surface area contributed by atoms with Gasteiger partial charge >= 0.3 is 0 Å². The molecule has 0 spiro atoms. The summed E-state index contributed by atoms with van der Waals surface area (Å²) in [6.07, 6.45) is 6.01. The van der Waals surface area contributed by atoms with Gasteiger partial charge in [-0.15, -0.1) is 0 Å². The molecule has 1 atom stereocenters. The van der Waals surface area contributed by atoms with E-state index < -0.39 is 10.1 Å². The summed E-state index contributed by atoms with van der Waals surface area (Å²) in [6.45, 7) is 3.26. The number of aryl methyl sites for hydroxylation is 1. The highest BCUT2D eigenvalue weighted by molar-refractivity contribution is 7.86. The van der Waals surface area contributed by atoms with Crippen LogP contribution < -0.4 is 0 Å². The molecule has 0 heterocycles. The van der Waals surface area contributed by atoms with Gasteiger partial charge in [-0.1, -0.05) is 73.7 Å². The van der Waals surface area contributed by atoms with Gasteiger partial charge in [-0.3, -0.25) is 4.18 Å². The Morgan fingerprint density at radius 2 is 1.57 bits per heavy atom. The molecule has 2 rings (SSSR count). The Bertz CT molecular complexity index is 803. The molecule has 0 saturated carbocycles. The normalized spacial score (nSPS) is 12.7. The molecule has 1 N–H and O–H groups in total.